The first-order valence-electron chi connectivity index (χ1n) is 8.50. The third kappa shape index (κ3) is 6.87. The molecule has 0 bridgehead atoms. The lowest BCUT2D eigenvalue weighted by atomic mass is 10.1. The normalized spacial score (nSPS) is 13.4. The standard InChI is InChI=1S/C17H23F3N4O3/c1-3-21-16(23-9-15(25)24(2)10-17(18,19)20)22-7-6-12-4-5-13-14(8-12)27-11-26-13/h4-5,8H,3,6-7,9-11H2,1-2H3,(H2,21,22,23). The van der Waals surface area contributed by atoms with Crippen LogP contribution >= 0.6 is 0 Å². The van der Waals surface area contributed by atoms with Crippen LogP contribution in [0.15, 0.2) is 23.2 Å². The van der Waals surface area contributed by atoms with E-state index < -0.39 is 18.6 Å². The Balaban J connectivity index is 1.83. The van der Waals surface area contributed by atoms with Gasteiger partial charge in [-0.2, -0.15) is 13.2 Å². The monoisotopic (exact) mass is 388 g/mol. The lowest BCUT2D eigenvalue weighted by molar-refractivity contribution is -0.157. The van der Waals surface area contributed by atoms with Gasteiger partial charge in [0.25, 0.3) is 0 Å². The molecule has 2 N–H and O–H groups in total. The number of ether oxygens (including phenoxy) is 2. The number of likely N-dealkylation sites (N-methyl/N-ethyl adjacent to an activating group) is 1. The van der Waals surface area contributed by atoms with E-state index in [9.17, 15) is 18.0 Å². The summed E-state index contributed by atoms with van der Waals surface area (Å²) in [5.41, 5.74) is 1.03. The minimum absolute atomic E-state index is 0.213. The largest absolute Gasteiger partial charge is 0.454 e. The lowest BCUT2D eigenvalue weighted by Gasteiger charge is -2.18. The predicted molar refractivity (Wildman–Crippen MR) is 93.9 cm³/mol. The highest BCUT2D eigenvalue weighted by Gasteiger charge is 2.31. The Kier molecular flexibility index (Phi) is 7.14. The number of hydrogen-bond acceptors (Lipinski definition) is 4. The van der Waals surface area contributed by atoms with Gasteiger partial charge in [-0.15, -0.1) is 0 Å². The Morgan fingerprint density at radius 3 is 2.70 bits per heavy atom. The number of carbonyl (C=O) groups is 1. The molecule has 0 saturated carbocycles. The van der Waals surface area contributed by atoms with Crippen LogP contribution in [0.4, 0.5) is 13.2 Å². The predicted octanol–water partition coefficient (Wildman–Crippen LogP) is 1.53. The summed E-state index contributed by atoms with van der Waals surface area (Å²) in [6, 6.07) is 5.66. The molecule has 1 heterocycles. The molecule has 1 aromatic rings. The van der Waals surface area contributed by atoms with Crippen molar-refractivity contribution in [1.29, 1.82) is 0 Å². The average molecular weight is 388 g/mol. The Bertz CT molecular complexity index is 680. The number of guanidine groups is 1. The number of rotatable bonds is 7. The molecule has 0 aromatic heterocycles. The molecule has 1 amide bonds. The first kappa shape index (κ1) is 20.7. The second-order valence-corrected chi connectivity index (χ2v) is 5.92. The zero-order valence-electron chi connectivity index (χ0n) is 15.2. The van der Waals surface area contributed by atoms with Crippen molar-refractivity contribution in [3.05, 3.63) is 23.8 Å². The first-order valence-corrected chi connectivity index (χ1v) is 8.50. The number of nitrogens with one attached hydrogen (secondary N) is 2. The van der Waals surface area contributed by atoms with Gasteiger partial charge in [-0.05, 0) is 31.0 Å². The van der Waals surface area contributed by atoms with Crippen LogP contribution in [0.2, 0.25) is 0 Å². The smallest absolute Gasteiger partial charge is 0.406 e. The first-order chi connectivity index (χ1) is 12.8. The van der Waals surface area contributed by atoms with Crippen molar-refractivity contribution in [2.45, 2.75) is 19.5 Å². The quantitative estimate of drug-likeness (QED) is 0.548. The van der Waals surface area contributed by atoms with Crippen molar-refractivity contribution in [3.63, 3.8) is 0 Å². The number of amides is 1. The van der Waals surface area contributed by atoms with Gasteiger partial charge in [0, 0.05) is 20.1 Å². The molecule has 27 heavy (non-hydrogen) atoms. The Hall–Kier alpha value is -2.65. The minimum atomic E-state index is -4.43. The summed E-state index contributed by atoms with van der Waals surface area (Å²) in [6.07, 6.45) is -3.76. The third-order valence-corrected chi connectivity index (χ3v) is 3.70. The van der Waals surface area contributed by atoms with Crippen molar-refractivity contribution in [2.75, 3.05) is 40.0 Å². The number of fused-ring (bicyclic) bond motifs is 1. The second-order valence-electron chi connectivity index (χ2n) is 5.92. The van der Waals surface area contributed by atoms with Gasteiger partial charge >= 0.3 is 6.18 Å². The molecule has 0 spiro atoms. The number of benzene rings is 1. The van der Waals surface area contributed by atoms with Crippen LogP contribution in [0.1, 0.15) is 12.5 Å². The van der Waals surface area contributed by atoms with E-state index in [4.69, 9.17) is 9.47 Å². The van der Waals surface area contributed by atoms with Crippen LogP contribution < -0.4 is 20.1 Å². The van der Waals surface area contributed by atoms with Gasteiger partial charge in [0.2, 0.25) is 12.7 Å². The van der Waals surface area contributed by atoms with Crippen molar-refractivity contribution in [1.82, 2.24) is 15.5 Å². The van der Waals surface area contributed by atoms with E-state index in [-0.39, 0.29) is 13.3 Å². The van der Waals surface area contributed by atoms with Gasteiger partial charge in [0.15, 0.2) is 17.5 Å². The van der Waals surface area contributed by atoms with E-state index in [0.29, 0.717) is 41.9 Å². The van der Waals surface area contributed by atoms with E-state index in [1.54, 1.807) is 0 Å². The molecule has 0 atom stereocenters. The molecular weight excluding hydrogens is 365 g/mol. The number of halogens is 3. The molecule has 7 nitrogen and oxygen atoms in total. The van der Waals surface area contributed by atoms with Crippen LogP contribution in [-0.2, 0) is 11.2 Å². The highest BCUT2D eigenvalue weighted by atomic mass is 19.4. The number of carbonyl (C=O) groups excluding carboxylic acids is 1. The second kappa shape index (κ2) is 9.33. The van der Waals surface area contributed by atoms with Gasteiger partial charge in [-0.25, -0.2) is 4.99 Å². The molecule has 0 radical (unpaired) electrons. The molecule has 0 unspecified atom stereocenters. The molecule has 1 aromatic carbocycles. The minimum Gasteiger partial charge on any atom is -0.454 e. The third-order valence-electron chi connectivity index (χ3n) is 3.70. The summed E-state index contributed by atoms with van der Waals surface area (Å²) >= 11 is 0. The van der Waals surface area contributed by atoms with E-state index in [0.717, 1.165) is 12.6 Å². The zero-order valence-corrected chi connectivity index (χ0v) is 15.2. The number of nitrogens with zero attached hydrogens (tertiary/aromatic N) is 2. The number of hydrogen-bond donors (Lipinski definition) is 2. The fraction of sp³-hybridized carbons (Fsp3) is 0.529. The molecule has 0 saturated heterocycles. The van der Waals surface area contributed by atoms with E-state index >= 15 is 0 Å². The molecule has 1 aliphatic rings. The summed E-state index contributed by atoms with van der Waals surface area (Å²) in [4.78, 5) is 16.4. The van der Waals surface area contributed by atoms with Gasteiger partial charge in [0.05, 0.1) is 0 Å². The SMILES string of the molecule is CCNC(=NCC(=O)N(C)CC(F)(F)F)NCCc1ccc2c(c1)OCO2. The molecule has 10 heteroatoms. The van der Waals surface area contributed by atoms with Crippen LogP contribution in [0.5, 0.6) is 11.5 Å². The summed E-state index contributed by atoms with van der Waals surface area (Å²) in [6.45, 7) is 1.49. The maximum Gasteiger partial charge on any atom is 0.406 e. The fourth-order valence-corrected chi connectivity index (χ4v) is 2.39. The van der Waals surface area contributed by atoms with Crippen molar-refractivity contribution in [2.24, 2.45) is 4.99 Å². The molecule has 1 aliphatic heterocycles. The highest BCUT2D eigenvalue weighted by Crippen LogP contribution is 2.32. The van der Waals surface area contributed by atoms with E-state index in [1.165, 1.54) is 0 Å². The van der Waals surface area contributed by atoms with Crippen LogP contribution in [0, 0.1) is 0 Å². The Morgan fingerprint density at radius 2 is 2.00 bits per heavy atom. The van der Waals surface area contributed by atoms with Gasteiger partial charge in [-0.3, -0.25) is 4.79 Å². The molecule has 2 rings (SSSR count). The molecular formula is C17H23F3N4O3. The van der Waals surface area contributed by atoms with Crippen molar-refractivity contribution >= 4 is 11.9 Å². The van der Waals surface area contributed by atoms with Crippen molar-refractivity contribution < 1.29 is 27.4 Å². The van der Waals surface area contributed by atoms with Crippen LogP contribution in [0.3, 0.4) is 0 Å². The summed E-state index contributed by atoms with van der Waals surface area (Å²) in [5, 5.41) is 6.01. The highest BCUT2D eigenvalue weighted by molar-refractivity contribution is 5.84. The number of alkyl halides is 3. The van der Waals surface area contributed by atoms with Gasteiger partial charge in [0.1, 0.15) is 13.1 Å². The van der Waals surface area contributed by atoms with Crippen molar-refractivity contribution in [3.8, 4) is 11.5 Å². The average Bonchev–Trinajstić information content (AvgIpc) is 3.05. The lowest BCUT2D eigenvalue weighted by Crippen LogP contribution is -2.40. The maximum absolute atomic E-state index is 12.3. The van der Waals surface area contributed by atoms with E-state index in [2.05, 4.69) is 15.6 Å². The van der Waals surface area contributed by atoms with Gasteiger partial charge < -0.3 is 25.0 Å². The Labute approximate surface area is 155 Å². The van der Waals surface area contributed by atoms with E-state index in [1.807, 2.05) is 25.1 Å². The topological polar surface area (TPSA) is 75.2 Å². The summed E-state index contributed by atoms with van der Waals surface area (Å²) in [5.74, 6) is 1.07. The molecule has 150 valence electrons. The number of aliphatic imine (C=N–C) groups is 1. The molecule has 0 aliphatic carbocycles. The maximum atomic E-state index is 12.3. The summed E-state index contributed by atoms with van der Waals surface area (Å²) in [7, 11) is 1.10. The van der Waals surface area contributed by atoms with Gasteiger partial charge in [-0.1, -0.05) is 6.07 Å². The molecule has 0 fully saturated rings. The van der Waals surface area contributed by atoms with Crippen LogP contribution in [-0.4, -0.2) is 63.0 Å². The zero-order chi connectivity index (χ0) is 19.9. The fourth-order valence-electron chi connectivity index (χ4n) is 2.39. The Morgan fingerprint density at radius 1 is 1.26 bits per heavy atom. The van der Waals surface area contributed by atoms with Crippen LogP contribution in [0.25, 0.3) is 0 Å². The summed E-state index contributed by atoms with van der Waals surface area (Å²) < 4.78 is 47.6.